The van der Waals surface area contributed by atoms with Gasteiger partial charge in [0.2, 0.25) is 0 Å². The summed E-state index contributed by atoms with van der Waals surface area (Å²) in [5, 5.41) is 0. The molecule has 2 aromatic heterocycles. The molecule has 0 aliphatic rings. The van der Waals surface area contributed by atoms with Crippen LogP contribution in [0.1, 0.15) is 25.1 Å². The van der Waals surface area contributed by atoms with Crippen LogP contribution in [0.15, 0.2) is 42.6 Å². The maximum Gasteiger partial charge on any atom is 0.137 e. The summed E-state index contributed by atoms with van der Waals surface area (Å²) >= 11 is 0. The van der Waals surface area contributed by atoms with Gasteiger partial charge in [0.1, 0.15) is 11.4 Å². The Bertz CT molecular complexity index is 788. The van der Waals surface area contributed by atoms with Crippen LogP contribution in [0.25, 0.3) is 16.9 Å². The SMILES string of the molecule is Cc1ccc2nc(-c3ccc(OC(C)C)cc3)c(CN)n2c1. The number of rotatable bonds is 4. The fourth-order valence-electron chi connectivity index (χ4n) is 2.59. The lowest BCUT2D eigenvalue weighted by molar-refractivity contribution is 0.242. The number of imidazole rings is 1. The van der Waals surface area contributed by atoms with Crippen molar-refractivity contribution < 1.29 is 4.74 Å². The largest absolute Gasteiger partial charge is 0.491 e. The zero-order valence-corrected chi connectivity index (χ0v) is 13.2. The Morgan fingerprint density at radius 3 is 2.50 bits per heavy atom. The minimum absolute atomic E-state index is 0.170. The van der Waals surface area contributed by atoms with Crippen LogP contribution in [0.5, 0.6) is 5.75 Å². The lowest BCUT2D eigenvalue weighted by Crippen LogP contribution is -2.05. The maximum absolute atomic E-state index is 5.96. The molecule has 3 rings (SSSR count). The van der Waals surface area contributed by atoms with Gasteiger partial charge in [0, 0.05) is 18.3 Å². The van der Waals surface area contributed by atoms with Crippen molar-refractivity contribution in [1.82, 2.24) is 9.38 Å². The number of fused-ring (bicyclic) bond motifs is 1. The molecule has 0 unspecified atom stereocenters. The molecule has 0 aliphatic carbocycles. The molecule has 0 bridgehead atoms. The van der Waals surface area contributed by atoms with E-state index in [-0.39, 0.29) is 6.10 Å². The second kappa shape index (κ2) is 5.81. The molecule has 22 heavy (non-hydrogen) atoms. The van der Waals surface area contributed by atoms with Crippen LogP contribution < -0.4 is 10.5 Å². The second-order valence-electron chi connectivity index (χ2n) is 5.74. The highest BCUT2D eigenvalue weighted by atomic mass is 16.5. The Hall–Kier alpha value is -2.33. The van der Waals surface area contributed by atoms with Crippen molar-refractivity contribution in [2.75, 3.05) is 0 Å². The standard InChI is InChI=1S/C18H21N3O/c1-12(2)22-15-7-5-14(6-8-15)18-16(10-19)21-11-13(3)4-9-17(21)20-18/h4-9,11-12H,10,19H2,1-3H3. The van der Waals surface area contributed by atoms with E-state index in [1.54, 1.807) is 0 Å². The summed E-state index contributed by atoms with van der Waals surface area (Å²) in [4.78, 5) is 4.73. The number of nitrogens with zero attached hydrogens (tertiary/aromatic N) is 2. The van der Waals surface area contributed by atoms with E-state index in [0.29, 0.717) is 6.54 Å². The number of benzene rings is 1. The topological polar surface area (TPSA) is 52.5 Å². The van der Waals surface area contributed by atoms with Crippen LogP contribution >= 0.6 is 0 Å². The van der Waals surface area contributed by atoms with Crippen LogP contribution in [-0.2, 0) is 6.54 Å². The summed E-state index contributed by atoms with van der Waals surface area (Å²) in [6.07, 6.45) is 2.24. The predicted molar refractivity (Wildman–Crippen MR) is 89.0 cm³/mol. The average molecular weight is 295 g/mol. The van der Waals surface area contributed by atoms with E-state index in [2.05, 4.69) is 23.6 Å². The van der Waals surface area contributed by atoms with Crippen molar-refractivity contribution in [3.63, 3.8) is 0 Å². The van der Waals surface area contributed by atoms with Gasteiger partial charge >= 0.3 is 0 Å². The molecule has 0 atom stereocenters. The summed E-state index contributed by atoms with van der Waals surface area (Å²) in [5.74, 6) is 0.868. The first-order valence-electron chi connectivity index (χ1n) is 7.53. The van der Waals surface area contributed by atoms with E-state index in [0.717, 1.165) is 28.3 Å². The highest BCUT2D eigenvalue weighted by Crippen LogP contribution is 2.26. The van der Waals surface area contributed by atoms with Gasteiger partial charge < -0.3 is 14.9 Å². The molecule has 2 N–H and O–H groups in total. The Morgan fingerprint density at radius 1 is 1.14 bits per heavy atom. The molecule has 1 aromatic carbocycles. The highest BCUT2D eigenvalue weighted by Gasteiger charge is 2.13. The van der Waals surface area contributed by atoms with E-state index in [9.17, 15) is 0 Å². The Balaban J connectivity index is 2.05. The molecule has 0 radical (unpaired) electrons. The zero-order valence-electron chi connectivity index (χ0n) is 13.2. The first-order chi connectivity index (χ1) is 10.6. The molecule has 0 fully saturated rings. The molecule has 4 nitrogen and oxygen atoms in total. The van der Waals surface area contributed by atoms with Gasteiger partial charge in [-0.2, -0.15) is 0 Å². The van der Waals surface area contributed by atoms with Gasteiger partial charge in [0.25, 0.3) is 0 Å². The Morgan fingerprint density at radius 2 is 1.86 bits per heavy atom. The van der Waals surface area contributed by atoms with Crippen LogP contribution in [0.2, 0.25) is 0 Å². The van der Waals surface area contributed by atoms with E-state index < -0.39 is 0 Å². The Labute approximate surface area is 130 Å². The van der Waals surface area contributed by atoms with Gasteiger partial charge in [0.15, 0.2) is 0 Å². The molecule has 0 saturated carbocycles. The number of aryl methyl sites for hydroxylation is 1. The van der Waals surface area contributed by atoms with Gasteiger partial charge in [-0.1, -0.05) is 6.07 Å². The number of aromatic nitrogens is 2. The minimum atomic E-state index is 0.170. The third kappa shape index (κ3) is 2.70. The molecule has 2 heterocycles. The molecule has 0 aliphatic heterocycles. The van der Waals surface area contributed by atoms with Gasteiger partial charge in [0.05, 0.1) is 17.5 Å². The molecule has 3 aromatic rings. The van der Waals surface area contributed by atoms with Crippen LogP contribution in [0.4, 0.5) is 0 Å². The van der Waals surface area contributed by atoms with Crippen molar-refractivity contribution in [2.24, 2.45) is 5.73 Å². The lowest BCUT2D eigenvalue weighted by atomic mass is 10.1. The number of ether oxygens (including phenoxy) is 1. The zero-order chi connectivity index (χ0) is 15.7. The summed E-state index contributed by atoms with van der Waals surface area (Å²) < 4.78 is 7.76. The van der Waals surface area contributed by atoms with Crippen molar-refractivity contribution in [1.29, 1.82) is 0 Å². The van der Waals surface area contributed by atoms with Crippen molar-refractivity contribution >= 4 is 5.65 Å². The predicted octanol–water partition coefficient (Wildman–Crippen LogP) is 3.56. The van der Waals surface area contributed by atoms with Crippen LogP contribution in [0.3, 0.4) is 0 Å². The normalized spacial score (nSPS) is 11.3. The number of pyridine rings is 1. The van der Waals surface area contributed by atoms with Gasteiger partial charge in [-0.15, -0.1) is 0 Å². The van der Waals surface area contributed by atoms with Gasteiger partial charge in [-0.3, -0.25) is 0 Å². The summed E-state index contributed by atoms with van der Waals surface area (Å²) in [5.41, 5.74) is 11.1. The van der Waals surface area contributed by atoms with E-state index >= 15 is 0 Å². The number of hydrogen-bond donors (Lipinski definition) is 1. The van der Waals surface area contributed by atoms with Crippen LogP contribution in [0, 0.1) is 6.92 Å². The minimum Gasteiger partial charge on any atom is -0.491 e. The number of nitrogens with two attached hydrogens (primary N) is 1. The molecule has 0 saturated heterocycles. The molecule has 114 valence electrons. The van der Waals surface area contributed by atoms with Crippen molar-refractivity contribution in [2.45, 2.75) is 33.4 Å². The van der Waals surface area contributed by atoms with E-state index in [1.165, 1.54) is 5.56 Å². The highest BCUT2D eigenvalue weighted by molar-refractivity contribution is 5.67. The molecule has 4 heteroatoms. The third-order valence-electron chi connectivity index (χ3n) is 3.56. The maximum atomic E-state index is 5.96. The number of hydrogen-bond acceptors (Lipinski definition) is 3. The molecular formula is C18H21N3O. The molecule has 0 amide bonds. The second-order valence-corrected chi connectivity index (χ2v) is 5.74. The third-order valence-corrected chi connectivity index (χ3v) is 3.56. The summed E-state index contributed by atoms with van der Waals surface area (Å²) in [6, 6.07) is 12.1. The fraction of sp³-hybridized carbons (Fsp3) is 0.278. The van der Waals surface area contributed by atoms with Crippen molar-refractivity contribution in [3.8, 4) is 17.0 Å². The summed E-state index contributed by atoms with van der Waals surface area (Å²) in [7, 11) is 0. The quantitative estimate of drug-likeness (QED) is 0.800. The lowest BCUT2D eigenvalue weighted by Gasteiger charge is -2.10. The van der Waals surface area contributed by atoms with Crippen LogP contribution in [-0.4, -0.2) is 15.5 Å². The van der Waals surface area contributed by atoms with Gasteiger partial charge in [-0.25, -0.2) is 4.98 Å². The first-order valence-corrected chi connectivity index (χ1v) is 7.53. The van der Waals surface area contributed by atoms with E-state index in [4.69, 9.17) is 15.5 Å². The van der Waals surface area contributed by atoms with E-state index in [1.807, 2.05) is 44.2 Å². The van der Waals surface area contributed by atoms with Gasteiger partial charge in [-0.05, 0) is 56.7 Å². The molecular weight excluding hydrogens is 274 g/mol. The summed E-state index contributed by atoms with van der Waals surface area (Å²) in [6.45, 7) is 6.55. The fourth-order valence-corrected chi connectivity index (χ4v) is 2.59. The molecule has 0 spiro atoms. The smallest absolute Gasteiger partial charge is 0.137 e. The monoisotopic (exact) mass is 295 g/mol. The average Bonchev–Trinajstić information content (AvgIpc) is 2.85. The Kier molecular flexibility index (Phi) is 3.86. The van der Waals surface area contributed by atoms with Crippen molar-refractivity contribution in [3.05, 3.63) is 53.9 Å². The first kappa shape index (κ1) is 14.6.